The van der Waals surface area contributed by atoms with E-state index in [0.29, 0.717) is 5.75 Å². The third-order valence-corrected chi connectivity index (χ3v) is 3.78. The molecule has 0 bridgehead atoms. The first-order chi connectivity index (χ1) is 10.7. The van der Waals surface area contributed by atoms with E-state index in [-0.39, 0.29) is 12.5 Å². The van der Waals surface area contributed by atoms with E-state index in [4.69, 9.17) is 4.74 Å². The van der Waals surface area contributed by atoms with Gasteiger partial charge in [-0.25, -0.2) is 0 Å². The SMILES string of the molecule is O=C(COc1ccc(Br)cc1)Nc1cccc2ccccc12. The zero-order chi connectivity index (χ0) is 15.4. The third kappa shape index (κ3) is 3.46. The Labute approximate surface area is 137 Å². The van der Waals surface area contributed by atoms with Crippen LogP contribution in [0, 0.1) is 0 Å². The molecule has 0 spiro atoms. The molecule has 0 saturated carbocycles. The summed E-state index contributed by atoms with van der Waals surface area (Å²) in [6, 6.07) is 21.1. The highest BCUT2D eigenvalue weighted by Crippen LogP contribution is 2.23. The zero-order valence-corrected chi connectivity index (χ0v) is 13.3. The summed E-state index contributed by atoms with van der Waals surface area (Å²) >= 11 is 3.36. The van der Waals surface area contributed by atoms with E-state index < -0.39 is 0 Å². The van der Waals surface area contributed by atoms with Crippen molar-refractivity contribution >= 4 is 38.3 Å². The number of ether oxygens (including phenoxy) is 1. The lowest BCUT2D eigenvalue weighted by Crippen LogP contribution is -2.20. The number of hydrogen-bond acceptors (Lipinski definition) is 2. The van der Waals surface area contributed by atoms with Crippen molar-refractivity contribution in [3.05, 3.63) is 71.2 Å². The maximum absolute atomic E-state index is 12.1. The fraction of sp³-hybridized carbons (Fsp3) is 0.0556. The van der Waals surface area contributed by atoms with Gasteiger partial charge < -0.3 is 10.1 Å². The summed E-state index contributed by atoms with van der Waals surface area (Å²) in [6.07, 6.45) is 0. The Morgan fingerprint density at radius 2 is 1.68 bits per heavy atom. The van der Waals surface area contributed by atoms with Crippen molar-refractivity contribution in [1.29, 1.82) is 0 Å². The highest BCUT2D eigenvalue weighted by atomic mass is 79.9. The van der Waals surface area contributed by atoms with Gasteiger partial charge in [-0.3, -0.25) is 4.79 Å². The molecule has 3 aromatic rings. The van der Waals surface area contributed by atoms with Gasteiger partial charge >= 0.3 is 0 Å². The molecule has 1 N–H and O–H groups in total. The number of hydrogen-bond donors (Lipinski definition) is 1. The Morgan fingerprint density at radius 1 is 0.955 bits per heavy atom. The van der Waals surface area contributed by atoms with E-state index in [1.54, 1.807) is 0 Å². The first-order valence-corrected chi connectivity index (χ1v) is 7.68. The Hall–Kier alpha value is -2.33. The number of carbonyl (C=O) groups is 1. The van der Waals surface area contributed by atoms with Crippen molar-refractivity contribution in [3.8, 4) is 5.75 Å². The van der Waals surface area contributed by atoms with E-state index in [9.17, 15) is 4.79 Å². The topological polar surface area (TPSA) is 38.3 Å². The molecule has 0 aliphatic carbocycles. The lowest BCUT2D eigenvalue weighted by atomic mass is 10.1. The third-order valence-electron chi connectivity index (χ3n) is 3.25. The summed E-state index contributed by atoms with van der Waals surface area (Å²) in [6.45, 7) is -0.0230. The quantitative estimate of drug-likeness (QED) is 0.741. The molecule has 0 aliphatic heterocycles. The first-order valence-electron chi connectivity index (χ1n) is 6.88. The zero-order valence-electron chi connectivity index (χ0n) is 11.8. The minimum absolute atomic E-state index is 0.0230. The van der Waals surface area contributed by atoms with Crippen LogP contribution in [0.15, 0.2) is 71.2 Å². The number of benzene rings is 3. The molecule has 3 rings (SSSR count). The fourth-order valence-electron chi connectivity index (χ4n) is 2.20. The number of amides is 1. The molecule has 22 heavy (non-hydrogen) atoms. The number of rotatable bonds is 4. The van der Waals surface area contributed by atoms with E-state index >= 15 is 0 Å². The van der Waals surface area contributed by atoms with Crippen LogP contribution in [0.4, 0.5) is 5.69 Å². The Morgan fingerprint density at radius 3 is 2.50 bits per heavy atom. The van der Waals surface area contributed by atoms with Gasteiger partial charge in [0.2, 0.25) is 0 Å². The number of fused-ring (bicyclic) bond motifs is 1. The molecule has 0 heterocycles. The summed E-state index contributed by atoms with van der Waals surface area (Å²) in [5.41, 5.74) is 0.794. The molecule has 3 nitrogen and oxygen atoms in total. The van der Waals surface area contributed by atoms with Gasteiger partial charge in [0.1, 0.15) is 5.75 Å². The normalized spacial score (nSPS) is 10.4. The van der Waals surface area contributed by atoms with Gasteiger partial charge in [0.15, 0.2) is 6.61 Å². The van der Waals surface area contributed by atoms with Crippen molar-refractivity contribution in [3.63, 3.8) is 0 Å². The summed E-state index contributed by atoms with van der Waals surface area (Å²) in [4.78, 5) is 12.1. The number of anilines is 1. The van der Waals surface area contributed by atoms with Gasteiger partial charge in [-0.1, -0.05) is 52.3 Å². The summed E-state index contributed by atoms with van der Waals surface area (Å²) in [7, 11) is 0. The largest absolute Gasteiger partial charge is 0.484 e. The van der Waals surface area contributed by atoms with Crippen molar-refractivity contribution in [2.45, 2.75) is 0 Å². The van der Waals surface area contributed by atoms with Gasteiger partial charge in [-0.15, -0.1) is 0 Å². The van der Waals surface area contributed by atoms with Gasteiger partial charge in [0, 0.05) is 15.5 Å². The molecule has 0 aliphatic rings. The second-order valence-electron chi connectivity index (χ2n) is 4.82. The second kappa shape index (κ2) is 6.62. The summed E-state index contributed by atoms with van der Waals surface area (Å²) in [5, 5.41) is 5.00. The van der Waals surface area contributed by atoms with Crippen molar-refractivity contribution in [2.75, 3.05) is 11.9 Å². The van der Waals surface area contributed by atoms with Crippen molar-refractivity contribution in [2.24, 2.45) is 0 Å². The molecule has 3 aromatic carbocycles. The molecule has 0 saturated heterocycles. The van der Waals surface area contributed by atoms with E-state index in [1.807, 2.05) is 66.7 Å². The van der Waals surface area contributed by atoms with Crippen LogP contribution in [0.3, 0.4) is 0 Å². The number of nitrogens with one attached hydrogen (secondary N) is 1. The standard InChI is InChI=1S/C18H14BrNO2/c19-14-8-10-15(11-9-14)22-12-18(21)20-17-7-3-5-13-4-1-2-6-16(13)17/h1-11H,12H2,(H,20,21). The van der Waals surface area contributed by atoms with Crippen molar-refractivity contribution in [1.82, 2.24) is 0 Å². The predicted molar refractivity (Wildman–Crippen MR) is 92.2 cm³/mol. The van der Waals surface area contributed by atoms with Crippen LogP contribution >= 0.6 is 15.9 Å². The van der Waals surface area contributed by atoms with Crippen LogP contribution < -0.4 is 10.1 Å². The Bertz CT molecular complexity index is 794. The van der Waals surface area contributed by atoms with E-state index in [0.717, 1.165) is 20.9 Å². The van der Waals surface area contributed by atoms with Crippen LogP contribution in [0.25, 0.3) is 10.8 Å². The second-order valence-corrected chi connectivity index (χ2v) is 5.73. The molecule has 0 fully saturated rings. The Balaban J connectivity index is 1.67. The number of halogens is 1. The highest BCUT2D eigenvalue weighted by molar-refractivity contribution is 9.10. The smallest absolute Gasteiger partial charge is 0.262 e. The number of carbonyl (C=O) groups excluding carboxylic acids is 1. The lowest BCUT2D eigenvalue weighted by Gasteiger charge is -2.10. The molecule has 0 aromatic heterocycles. The van der Waals surface area contributed by atoms with Gasteiger partial charge in [0.05, 0.1) is 0 Å². The van der Waals surface area contributed by atoms with E-state index in [1.165, 1.54) is 0 Å². The van der Waals surface area contributed by atoms with Crippen LogP contribution in [0.1, 0.15) is 0 Å². The molecule has 0 radical (unpaired) electrons. The van der Waals surface area contributed by atoms with Gasteiger partial charge in [-0.05, 0) is 35.7 Å². The molecule has 0 atom stereocenters. The molecule has 110 valence electrons. The average molecular weight is 356 g/mol. The summed E-state index contributed by atoms with van der Waals surface area (Å²) < 4.78 is 6.45. The van der Waals surface area contributed by atoms with Crippen LogP contribution in [0.5, 0.6) is 5.75 Å². The van der Waals surface area contributed by atoms with Gasteiger partial charge in [0.25, 0.3) is 5.91 Å². The maximum atomic E-state index is 12.1. The molecule has 1 amide bonds. The Kier molecular flexibility index (Phi) is 4.39. The first kappa shape index (κ1) is 14.6. The summed E-state index contributed by atoms with van der Waals surface area (Å²) in [5.74, 6) is 0.482. The van der Waals surface area contributed by atoms with Crippen LogP contribution in [-0.4, -0.2) is 12.5 Å². The predicted octanol–water partition coefficient (Wildman–Crippen LogP) is 4.62. The van der Waals surface area contributed by atoms with Crippen LogP contribution in [-0.2, 0) is 4.79 Å². The fourth-order valence-corrected chi connectivity index (χ4v) is 2.46. The molecular formula is C18H14BrNO2. The lowest BCUT2D eigenvalue weighted by molar-refractivity contribution is -0.118. The van der Waals surface area contributed by atoms with Gasteiger partial charge in [-0.2, -0.15) is 0 Å². The van der Waals surface area contributed by atoms with Crippen LogP contribution in [0.2, 0.25) is 0 Å². The molecular weight excluding hydrogens is 342 g/mol. The monoisotopic (exact) mass is 355 g/mol. The highest BCUT2D eigenvalue weighted by Gasteiger charge is 2.06. The maximum Gasteiger partial charge on any atom is 0.262 e. The molecule has 0 unspecified atom stereocenters. The van der Waals surface area contributed by atoms with E-state index in [2.05, 4.69) is 21.2 Å². The van der Waals surface area contributed by atoms with Crippen molar-refractivity contribution < 1.29 is 9.53 Å². The average Bonchev–Trinajstić information content (AvgIpc) is 2.55. The molecule has 4 heteroatoms. The minimum Gasteiger partial charge on any atom is -0.484 e. The minimum atomic E-state index is -0.181.